The molecule has 0 atom stereocenters. The number of nitrogens with zero attached hydrogens (tertiary/aromatic N) is 2. The number of aliphatic imine (C=N–C) groups is 1. The minimum Gasteiger partial charge on any atom is -0.497 e. The van der Waals surface area contributed by atoms with Gasteiger partial charge in [-0.25, -0.2) is 4.99 Å². The van der Waals surface area contributed by atoms with Crippen LogP contribution >= 0.6 is 11.8 Å². The van der Waals surface area contributed by atoms with Gasteiger partial charge in [0.2, 0.25) is 0 Å². The van der Waals surface area contributed by atoms with Gasteiger partial charge in [0.25, 0.3) is 0 Å². The van der Waals surface area contributed by atoms with Crippen LogP contribution in [0.1, 0.15) is 34.7 Å². The Balaban J connectivity index is 1.75. The van der Waals surface area contributed by atoms with Crippen molar-refractivity contribution in [1.29, 1.82) is 0 Å². The molecule has 0 fully saturated rings. The average Bonchev–Trinajstić information content (AvgIpc) is 2.97. The molecule has 5 heteroatoms. The van der Waals surface area contributed by atoms with Gasteiger partial charge in [-0.2, -0.15) is 0 Å². The number of ether oxygens (including phenoxy) is 2. The zero-order chi connectivity index (χ0) is 26.7. The van der Waals surface area contributed by atoms with Gasteiger partial charge in [0.1, 0.15) is 11.5 Å². The van der Waals surface area contributed by atoms with E-state index in [0.717, 1.165) is 47.6 Å². The van der Waals surface area contributed by atoms with E-state index in [0.29, 0.717) is 0 Å². The summed E-state index contributed by atoms with van der Waals surface area (Å²) >= 11 is 1.79. The van der Waals surface area contributed by atoms with Crippen LogP contribution in [0.15, 0.2) is 102 Å². The van der Waals surface area contributed by atoms with Crippen molar-refractivity contribution in [3.8, 4) is 11.5 Å². The molecule has 0 bridgehead atoms. The number of hydrogen-bond acceptors (Lipinski definition) is 4. The van der Waals surface area contributed by atoms with Crippen molar-refractivity contribution >= 4 is 22.6 Å². The highest BCUT2D eigenvalue weighted by atomic mass is 32.2. The van der Waals surface area contributed by atoms with Gasteiger partial charge in [-0.15, -0.1) is 0 Å². The third-order valence-corrected chi connectivity index (χ3v) is 7.54. The maximum atomic E-state index is 5.39. The molecule has 0 aromatic heterocycles. The average molecular weight is 525 g/mol. The van der Waals surface area contributed by atoms with Crippen LogP contribution in [0, 0.1) is 6.92 Å². The lowest BCUT2D eigenvalue weighted by Crippen LogP contribution is -2.28. The SMILES string of the molecule is CCc1cccc(C)c1N=C(SCc1ccccc1)N(Cc1ccc(OC)cc1)Cc1ccc(OC)cc1. The summed E-state index contributed by atoms with van der Waals surface area (Å²) in [6.07, 6.45) is 0.939. The van der Waals surface area contributed by atoms with E-state index in [1.807, 2.05) is 24.3 Å². The Kier molecular flexibility index (Phi) is 9.88. The fourth-order valence-electron chi connectivity index (χ4n) is 4.27. The fraction of sp³-hybridized carbons (Fsp3) is 0.242. The van der Waals surface area contributed by atoms with Crippen molar-refractivity contribution in [2.45, 2.75) is 39.1 Å². The third-order valence-electron chi connectivity index (χ3n) is 6.46. The molecule has 0 heterocycles. The topological polar surface area (TPSA) is 34.1 Å². The summed E-state index contributed by atoms with van der Waals surface area (Å²) in [7, 11) is 3.40. The van der Waals surface area contributed by atoms with Gasteiger partial charge in [0, 0.05) is 18.8 Å². The molecule has 4 aromatic carbocycles. The molecular formula is C33H36N2O2S. The lowest BCUT2D eigenvalue weighted by atomic mass is 10.1. The number of thioether (sulfide) groups is 1. The van der Waals surface area contributed by atoms with E-state index in [-0.39, 0.29) is 0 Å². The fourth-order valence-corrected chi connectivity index (χ4v) is 5.23. The van der Waals surface area contributed by atoms with Gasteiger partial charge in [0.15, 0.2) is 5.17 Å². The number of hydrogen-bond donors (Lipinski definition) is 0. The van der Waals surface area contributed by atoms with Crippen molar-refractivity contribution in [2.75, 3.05) is 14.2 Å². The van der Waals surface area contributed by atoms with Gasteiger partial charge in [-0.05, 0) is 65.4 Å². The predicted molar refractivity (Wildman–Crippen MR) is 161 cm³/mol. The van der Waals surface area contributed by atoms with Crippen LogP contribution < -0.4 is 9.47 Å². The second-order valence-corrected chi connectivity index (χ2v) is 10.1. The first-order valence-corrected chi connectivity index (χ1v) is 13.9. The second kappa shape index (κ2) is 13.7. The molecule has 38 heavy (non-hydrogen) atoms. The summed E-state index contributed by atoms with van der Waals surface area (Å²) < 4.78 is 10.8. The van der Waals surface area contributed by atoms with Gasteiger partial charge >= 0.3 is 0 Å². The Hall–Kier alpha value is -3.70. The van der Waals surface area contributed by atoms with E-state index in [2.05, 4.69) is 91.5 Å². The summed E-state index contributed by atoms with van der Waals surface area (Å²) in [5, 5.41) is 1.00. The molecule has 196 valence electrons. The van der Waals surface area contributed by atoms with Crippen molar-refractivity contribution in [3.63, 3.8) is 0 Å². The zero-order valence-corrected chi connectivity index (χ0v) is 23.5. The van der Waals surface area contributed by atoms with E-state index >= 15 is 0 Å². The van der Waals surface area contributed by atoms with Crippen molar-refractivity contribution < 1.29 is 9.47 Å². The highest BCUT2D eigenvalue weighted by molar-refractivity contribution is 8.13. The maximum absolute atomic E-state index is 5.39. The highest BCUT2D eigenvalue weighted by Crippen LogP contribution is 2.30. The lowest BCUT2D eigenvalue weighted by Gasteiger charge is -2.27. The molecule has 0 N–H and O–H groups in total. The minimum absolute atomic E-state index is 0.726. The van der Waals surface area contributed by atoms with Crippen LogP contribution in [0.2, 0.25) is 0 Å². The number of benzene rings is 4. The largest absolute Gasteiger partial charge is 0.497 e. The van der Waals surface area contributed by atoms with Crippen LogP contribution in [0.3, 0.4) is 0 Å². The highest BCUT2D eigenvalue weighted by Gasteiger charge is 2.17. The molecule has 0 saturated carbocycles. The molecule has 0 spiro atoms. The monoisotopic (exact) mass is 524 g/mol. The summed E-state index contributed by atoms with van der Waals surface area (Å²) in [5.41, 5.74) is 7.20. The maximum Gasteiger partial charge on any atom is 0.165 e. The number of methoxy groups -OCH3 is 2. The van der Waals surface area contributed by atoms with Gasteiger partial charge in [-0.1, -0.05) is 91.5 Å². The summed E-state index contributed by atoms with van der Waals surface area (Å²) in [4.78, 5) is 7.74. The standard InChI is InChI=1S/C33H36N2O2S/c1-5-29-13-9-10-25(2)32(29)34-33(38-24-28-11-7-6-8-12-28)35(22-26-14-18-30(36-3)19-15-26)23-27-16-20-31(37-4)21-17-27/h6-21H,5,22-24H2,1-4H3. The van der Waals surface area contributed by atoms with Crippen LogP contribution in [0.25, 0.3) is 0 Å². The van der Waals surface area contributed by atoms with Crippen molar-refractivity contribution in [2.24, 2.45) is 4.99 Å². The van der Waals surface area contributed by atoms with E-state index in [1.165, 1.54) is 27.8 Å². The predicted octanol–water partition coefficient (Wildman–Crippen LogP) is 8.20. The molecule has 4 rings (SSSR count). The Morgan fingerprint density at radius 3 is 1.82 bits per heavy atom. The van der Waals surface area contributed by atoms with E-state index in [4.69, 9.17) is 14.5 Å². The summed E-state index contributed by atoms with van der Waals surface area (Å²) in [5.74, 6) is 2.56. The normalized spacial score (nSPS) is 11.3. The molecule has 4 nitrogen and oxygen atoms in total. The van der Waals surface area contributed by atoms with E-state index < -0.39 is 0 Å². The number of aryl methyl sites for hydroxylation is 2. The second-order valence-electron chi connectivity index (χ2n) is 9.16. The quantitative estimate of drug-likeness (QED) is 0.155. The number of para-hydroxylation sites is 1. The smallest absolute Gasteiger partial charge is 0.165 e. The molecule has 0 aliphatic carbocycles. The first kappa shape index (κ1) is 27.3. The lowest BCUT2D eigenvalue weighted by molar-refractivity contribution is 0.405. The first-order chi connectivity index (χ1) is 18.6. The number of amidine groups is 1. The molecule has 0 unspecified atom stereocenters. The zero-order valence-electron chi connectivity index (χ0n) is 22.7. The van der Waals surface area contributed by atoms with Gasteiger partial charge in [-0.3, -0.25) is 0 Å². The van der Waals surface area contributed by atoms with Crippen LogP contribution in [0.4, 0.5) is 5.69 Å². The first-order valence-electron chi connectivity index (χ1n) is 12.9. The van der Waals surface area contributed by atoms with Crippen molar-refractivity contribution in [1.82, 2.24) is 4.90 Å². The summed E-state index contributed by atoms with van der Waals surface area (Å²) in [6, 6.07) is 33.6. The molecule has 0 amide bonds. The van der Waals surface area contributed by atoms with Gasteiger partial charge in [0.05, 0.1) is 19.9 Å². The molecular weight excluding hydrogens is 488 g/mol. The van der Waals surface area contributed by atoms with Crippen molar-refractivity contribution in [3.05, 3.63) is 125 Å². The molecule has 0 aliphatic rings. The molecule has 0 radical (unpaired) electrons. The summed E-state index contributed by atoms with van der Waals surface area (Å²) in [6.45, 7) is 5.79. The van der Waals surface area contributed by atoms with E-state index in [9.17, 15) is 0 Å². The van der Waals surface area contributed by atoms with Gasteiger partial charge < -0.3 is 14.4 Å². The Bertz CT molecular complexity index is 1270. The Labute approximate surface area is 231 Å². The number of rotatable bonds is 10. The van der Waals surface area contributed by atoms with Crippen LogP contribution in [0.5, 0.6) is 11.5 Å². The van der Waals surface area contributed by atoms with E-state index in [1.54, 1.807) is 26.0 Å². The van der Waals surface area contributed by atoms with Crippen LogP contribution in [-0.2, 0) is 25.3 Å². The van der Waals surface area contributed by atoms with Crippen LogP contribution in [-0.4, -0.2) is 24.3 Å². The third kappa shape index (κ3) is 7.42. The molecule has 4 aromatic rings. The Morgan fingerprint density at radius 1 is 0.711 bits per heavy atom. The Morgan fingerprint density at radius 2 is 1.29 bits per heavy atom. The molecule has 0 aliphatic heterocycles. The minimum atomic E-state index is 0.726. The molecule has 0 saturated heterocycles.